The van der Waals surface area contributed by atoms with E-state index in [2.05, 4.69) is 30.1 Å². The molecule has 4 heteroatoms. The summed E-state index contributed by atoms with van der Waals surface area (Å²) in [5, 5.41) is 2.97. The van der Waals surface area contributed by atoms with E-state index >= 15 is 0 Å². The van der Waals surface area contributed by atoms with Crippen LogP contribution in [-0.2, 0) is 6.54 Å². The second-order valence-electron chi connectivity index (χ2n) is 5.55. The van der Waals surface area contributed by atoms with E-state index in [4.69, 9.17) is 4.74 Å². The van der Waals surface area contributed by atoms with Gasteiger partial charge in [0.1, 0.15) is 5.75 Å². The molecule has 2 aromatic rings. The fraction of sp³-hybridized carbons (Fsp3) is 0.350. The van der Waals surface area contributed by atoms with E-state index in [1.807, 2.05) is 43.3 Å². The molecule has 0 aliphatic carbocycles. The van der Waals surface area contributed by atoms with Gasteiger partial charge in [-0.2, -0.15) is 0 Å². The smallest absolute Gasteiger partial charge is 0.259 e. The number of rotatable bonds is 8. The monoisotopic (exact) mass is 326 g/mol. The van der Waals surface area contributed by atoms with Crippen LogP contribution < -0.4 is 10.1 Å². The molecule has 4 nitrogen and oxygen atoms in total. The van der Waals surface area contributed by atoms with Crippen molar-refractivity contribution in [2.75, 3.05) is 25.0 Å². The van der Waals surface area contributed by atoms with Crippen LogP contribution in [-0.4, -0.2) is 30.5 Å². The average molecular weight is 326 g/mol. The molecule has 0 aromatic heterocycles. The molecule has 1 N–H and O–H groups in total. The van der Waals surface area contributed by atoms with Crippen molar-refractivity contribution in [3.8, 4) is 5.75 Å². The fourth-order valence-corrected chi connectivity index (χ4v) is 2.59. The third-order valence-corrected chi connectivity index (χ3v) is 3.92. The van der Waals surface area contributed by atoms with Crippen LogP contribution in [0.1, 0.15) is 36.7 Å². The summed E-state index contributed by atoms with van der Waals surface area (Å²) < 4.78 is 5.53. The summed E-state index contributed by atoms with van der Waals surface area (Å²) in [6, 6.07) is 15.3. The highest BCUT2D eigenvalue weighted by atomic mass is 16.5. The number of para-hydroxylation sites is 1. The van der Waals surface area contributed by atoms with Gasteiger partial charge in [0.15, 0.2) is 0 Å². The first-order valence-corrected chi connectivity index (χ1v) is 8.52. The molecule has 0 aliphatic heterocycles. The van der Waals surface area contributed by atoms with Gasteiger partial charge in [0.25, 0.3) is 5.91 Å². The van der Waals surface area contributed by atoms with Gasteiger partial charge >= 0.3 is 0 Å². The quantitative estimate of drug-likeness (QED) is 0.791. The summed E-state index contributed by atoms with van der Waals surface area (Å²) in [6.07, 6.45) is 0. The average Bonchev–Trinajstić information content (AvgIpc) is 2.60. The van der Waals surface area contributed by atoms with Gasteiger partial charge in [0.2, 0.25) is 0 Å². The number of ether oxygens (including phenoxy) is 1. The van der Waals surface area contributed by atoms with Crippen molar-refractivity contribution in [3.63, 3.8) is 0 Å². The lowest BCUT2D eigenvalue weighted by molar-refractivity contribution is 0.102. The summed E-state index contributed by atoms with van der Waals surface area (Å²) in [7, 11) is 0. The number of carbonyl (C=O) groups excluding carboxylic acids is 1. The maximum Gasteiger partial charge on any atom is 0.259 e. The van der Waals surface area contributed by atoms with Crippen molar-refractivity contribution in [3.05, 3.63) is 59.7 Å². The molecule has 0 saturated carbocycles. The molecule has 0 bridgehead atoms. The number of amides is 1. The van der Waals surface area contributed by atoms with Gasteiger partial charge in [-0.05, 0) is 49.8 Å². The lowest BCUT2D eigenvalue weighted by atomic mass is 10.1. The second kappa shape index (κ2) is 9.08. The van der Waals surface area contributed by atoms with E-state index in [1.165, 1.54) is 5.56 Å². The largest absolute Gasteiger partial charge is 0.493 e. The van der Waals surface area contributed by atoms with Crippen LogP contribution in [0.5, 0.6) is 5.75 Å². The SMILES string of the molecule is CCOc1ccccc1C(=O)Nc1cccc(CN(CC)CC)c1. The van der Waals surface area contributed by atoms with Crippen LogP contribution in [0.15, 0.2) is 48.5 Å². The van der Waals surface area contributed by atoms with Crippen LogP contribution >= 0.6 is 0 Å². The number of anilines is 1. The van der Waals surface area contributed by atoms with Crippen LogP contribution in [0.25, 0.3) is 0 Å². The Morgan fingerprint density at radius 1 is 1.04 bits per heavy atom. The summed E-state index contributed by atoms with van der Waals surface area (Å²) in [5.74, 6) is 0.454. The lowest BCUT2D eigenvalue weighted by Crippen LogP contribution is -2.22. The molecule has 0 aliphatic rings. The molecule has 0 fully saturated rings. The van der Waals surface area contributed by atoms with Gasteiger partial charge in [-0.3, -0.25) is 9.69 Å². The van der Waals surface area contributed by atoms with E-state index in [0.717, 1.165) is 25.3 Å². The zero-order valence-corrected chi connectivity index (χ0v) is 14.7. The van der Waals surface area contributed by atoms with Crippen molar-refractivity contribution in [2.45, 2.75) is 27.3 Å². The van der Waals surface area contributed by atoms with Gasteiger partial charge in [0.05, 0.1) is 12.2 Å². The molecule has 0 atom stereocenters. The van der Waals surface area contributed by atoms with Gasteiger partial charge in [0, 0.05) is 12.2 Å². The molecule has 0 heterocycles. The highest BCUT2D eigenvalue weighted by Crippen LogP contribution is 2.20. The van der Waals surface area contributed by atoms with Crippen molar-refractivity contribution in [2.24, 2.45) is 0 Å². The number of hydrogen-bond acceptors (Lipinski definition) is 3. The minimum Gasteiger partial charge on any atom is -0.493 e. The molecular weight excluding hydrogens is 300 g/mol. The second-order valence-corrected chi connectivity index (χ2v) is 5.55. The first-order chi connectivity index (χ1) is 11.7. The van der Waals surface area contributed by atoms with Crippen molar-refractivity contribution in [1.82, 2.24) is 4.90 Å². The van der Waals surface area contributed by atoms with Crippen molar-refractivity contribution >= 4 is 11.6 Å². The van der Waals surface area contributed by atoms with Crippen LogP contribution in [0.4, 0.5) is 5.69 Å². The van der Waals surface area contributed by atoms with E-state index in [1.54, 1.807) is 6.07 Å². The molecule has 0 spiro atoms. The lowest BCUT2D eigenvalue weighted by Gasteiger charge is -2.18. The molecule has 128 valence electrons. The molecule has 1 amide bonds. The predicted molar refractivity (Wildman–Crippen MR) is 98.6 cm³/mol. The number of hydrogen-bond donors (Lipinski definition) is 1. The maximum absolute atomic E-state index is 12.6. The molecule has 2 aromatic carbocycles. The first-order valence-electron chi connectivity index (χ1n) is 8.52. The number of nitrogens with zero attached hydrogens (tertiary/aromatic N) is 1. The molecule has 2 rings (SSSR count). The Morgan fingerprint density at radius 2 is 1.79 bits per heavy atom. The zero-order chi connectivity index (χ0) is 17.4. The highest BCUT2D eigenvalue weighted by molar-refractivity contribution is 6.06. The molecule has 24 heavy (non-hydrogen) atoms. The molecule has 0 unspecified atom stereocenters. The Bertz CT molecular complexity index is 666. The summed E-state index contributed by atoms with van der Waals surface area (Å²) >= 11 is 0. The van der Waals surface area contributed by atoms with E-state index in [-0.39, 0.29) is 5.91 Å². The summed E-state index contributed by atoms with van der Waals surface area (Å²) in [5.41, 5.74) is 2.54. The Hall–Kier alpha value is -2.33. The third kappa shape index (κ3) is 4.83. The summed E-state index contributed by atoms with van der Waals surface area (Å²) in [4.78, 5) is 14.9. The van der Waals surface area contributed by atoms with Crippen molar-refractivity contribution < 1.29 is 9.53 Å². The Balaban J connectivity index is 2.12. The van der Waals surface area contributed by atoms with Gasteiger partial charge < -0.3 is 10.1 Å². The molecular formula is C20H26N2O2. The van der Waals surface area contributed by atoms with Gasteiger partial charge in [-0.1, -0.05) is 38.1 Å². The summed E-state index contributed by atoms with van der Waals surface area (Å²) in [6.45, 7) is 9.64. The minimum absolute atomic E-state index is 0.154. The van der Waals surface area contributed by atoms with E-state index < -0.39 is 0 Å². The highest BCUT2D eigenvalue weighted by Gasteiger charge is 2.12. The van der Waals surface area contributed by atoms with Crippen molar-refractivity contribution in [1.29, 1.82) is 0 Å². The topological polar surface area (TPSA) is 41.6 Å². The number of benzene rings is 2. The Morgan fingerprint density at radius 3 is 2.50 bits per heavy atom. The molecule has 0 radical (unpaired) electrons. The minimum atomic E-state index is -0.154. The predicted octanol–water partition coefficient (Wildman–Crippen LogP) is 4.18. The van der Waals surface area contributed by atoms with Crippen LogP contribution in [0.3, 0.4) is 0 Å². The van der Waals surface area contributed by atoms with Crippen LogP contribution in [0, 0.1) is 0 Å². The molecule has 0 saturated heterocycles. The van der Waals surface area contributed by atoms with Gasteiger partial charge in [-0.15, -0.1) is 0 Å². The first kappa shape index (κ1) is 18.0. The zero-order valence-electron chi connectivity index (χ0n) is 14.7. The number of carbonyl (C=O) groups is 1. The number of nitrogens with one attached hydrogen (secondary N) is 1. The Labute approximate surface area is 144 Å². The normalized spacial score (nSPS) is 10.7. The van der Waals surface area contributed by atoms with E-state index in [9.17, 15) is 4.79 Å². The standard InChI is InChI=1S/C20H26N2O2/c1-4-22(5-2)15-16-10-9-11-17(14-16)21-20(23)18-12-7-8-13-19(18)24-6-3/h7-14H,4-6,15H2,1-3H3,(H,21,23). The van der Waals surface area contributed by atoms with E-state index in [0.29, 0.717) is 17.9 Å². The van der Waals surface area contributed by atoms with Crippen LogP contribution in [0.2, 0.25) is 0 Å². The Kier molecular flexibility index (Phi) is 6.82. The van der Waals surface area contributed by atoms with Gasteiger partial charge in [-0.25, -0.2) is 0 Å². The third-order valence-electron chi connectivity index (χ3n) is 3.92. The fourth-order valence-electron chi connectivity index (χ4n) is 2.59. The maximum atomic E-state index is 12.6.